The van der Waals surface area contributed by atoms with Gasteiger partial charge in [0.15, 0.2) is 17.2 Å². The van der Waals surface area contributed by atoms with Gasteiger partial charge in [0.2, 0.25) is 0 Å². The van der Waals surface area contributed by atoms with Crippen LogP contribution in [-0.2, 0) is 0 Å². The smallest absolute Gasteiger partial charge is 0.172 e. The minimum absolute atomic E-state index is 0.000362. The van der Waals surface area contributed by atoms with Crippen molar-refractivity contribution in [2.24, 2.45) is 5.16 Å². The highest BCUT2D eigenvalue weighted by Gasteiger charge is 2.13. The van der Waals surface area contributed by atoms with Crippen molar-refractivity contribution in [3.63, 3.8) is 0 Å². The van der Waals surface area contributed by atoms with Crippen molar-refractivity contribution >= 4 is 21.7 Å². The molecule has 0 bridgehead atoms. The number of pyridine rings is 1. The number of aromatic nitrogens is 1. The summed E-state index contributed by atoms with van der Waals surface area (Å²) in [6.45, 7) is 0. The van der Waals surface area contributed by atoms with Gasteiger partial charge >= 0.3 is 0 Å². The molecule has 0 aliphatic carbocycles. The summed E-state index contributed by atoms with van der Waals surface area (Å²) in [7, 11) is 0. The predicted octanol–water partition coefficient (Wildman–Crippen LogP) is 4.22. The third-order valence-corrected chi connectivity index (χ3v) is 3.76. The zero-order valence-corrected chi connectivity index (χ0v) is 12.2. The van der Waals surface area contributed by atoms with Crippen molar-refractivity contribution in [3.8, 4) is 11.5 Å². The van der Waals surface area contributed by atoms with Crippen LogP contribution in [0.15, 0.2) is 64.3 Å². The molecule has 4 nitrogen and oxygen atoms in total. The molecule has 0 radical (unpaired) electrons. The summed E-state index contributed by atoms with van der Waals surface area (Å²) in [6.07, 6.45) is 1.67. The van der Waals surface area contributed by atoms with Crippen LogP contribution in [0.4, 0.5) is 8.78 Å². The molecule has 0 unspecified atom stereocenters. The van der Waals surface area contributed by atoms with E-state index in [2.05, 4.69) is 10.1 Å². The first-order valence-electron chi connectivity index (χ1n) is 7.12. The average Bonchev–Trinajstić information content (AvgIpc) is 2.60. The van der Waals surface area contributed by atoms with Crippen molar-refractivity contribution in [2.45, 2.75) is 0 Å². The molecule has 2 aromatic carbocycles. The van der Waals surface area contributed by atoms with Crippen LogP contribution in [0.5, 0.6) is 0 Å². The van der Waals surface area contributed by atoms with Crippen molar-refractivity contribution < 1.29 is 18.4 Å². The number of benzene rings is 2. The van der Waals surface area contributed by atoms with E-state index in [1.54, 1.807) is 12.3 Å². The molecular formula is C18H10F2N2O2. The van der Waals surface area contributed by atoms with E-state index in [9.17, 15) is 14.0 Å². The molecule has 118 valence electrons. The van der Waals surface area contributed by atoms with Crippen LogP contribution in [0.1, 0.15) is 0 Å². The van der Waals surface area contributed by atoms with Gasteiger partial charge in [0, 0.05) is 23.7 Å². The fraction of sp³-hybridized carbons (Fsp3) is 0. The van der Waals surface area contributed by atoms with Crippen LogP contribution in [0, 0.1) is 11.6 Å². The molecule has 0 spiro atoms. The van der Waals surface area contributed by atoms with Crippen molar-refractivity contribution in [3.05, 3.63) is 71.7 Å². The third-order valence-electron chi connectivity index (χ3n) is 3.76. The van der Waals surface area contributed by atoms with E-state index in [0.29, 0.717) is 11.8 Å². The van der Waals surface area contributed by atoms with Crippen molar-refractivity contribution in [2.75, 3.05) is 0 Å². The topological polar surface area (TPSA) is 58.6 Å². The van der Waals surface area contributed by atoms with E-state index in [0.717, 1.165) is 16.8 Å². The van der Waals surface area contributed by atoms with Crippen LogP contribution < -0.4 is 5.36 Å². The molecule has 6 heteroatoms. The van der Waals surface area contributed by atoms with Crippen LogP contribution in [0.3, 0.4) is 0 Å². The largest absolute Gasteiger partial charge is 0.451 e. The molecular weight excluding hydrogens is 314 g/mol. The zero-order valence-electron chi connectivity index (χ0n) is 12.2. The number of rotatable bonds is 1. The summed E-state index contributed by atoms with van der Waals surface area (Å²) in [6, 6.07) is 12.5. The molecule has 0 aliphatic heterocycles. The Kier molecular flexibility index (Phi) is 3.23. The predicted molar refractivity (Wildman–Crippen MR) is 84.2 cm³/mol. The lowest BCUT2D eigenvalue weighted by Crippen LogP contribution is -2.05. The van der Waals surface area contributed by atoms with Gasteiger partial charge in [0.25, 0.3) is 0 Å². The second-order valence-electron chi connectivity index (χ2n) is 5.28. The summed E-state index contributed by atoms with van der Waals surface area (Å²) in [5, 5.41) is 14.2. The summed E-state index contributed by atoms with van der Waals surface area (Å²) in [5.41, 5.74) is 0.251. The lowest BCUT2D eigenvalue weighted by atomic mass is 10.1. The minimum Gasteiger partial charge on any atom is -0.451 e. The SMILES string of the molecule is O/N=c1\cc(-c2cc3ccccc3cn2)oc2c(F)cc(F)cc12. The van der Waals surface area contributed by atoms with Crippen molar-refractivity contribution in [1.29, 1.82) is 0 Å². The van der Waals surface area contributed by atoms with Crippen LogP contribution >= 0.6 is 0 Å². The number of hydrogen-bond acceptors (Lipinski definition) is 4. The lowest BCUT2D eigenvalue weighted by Gasteiger charge is -2.06. The van der Waals surface area contributed by atoms with Crippen molar-refractivity contribution in [1.82, 2.24) is 4.98 Å². The van der Waals surface area contributed by atoms with Gasteiger partial charge in [-0.3, -0.25) is 4.98 Å². The second kappa shape index (κ2) is 5.42. The highest BCUT2D eigenvalue weighted by Crippen LogP contribution is 2.25. The molecule has 0 saturated heterocycles. The van der Waals surface area contributed by atoms with E-state index in [1.165, 1.54) is 6.07 Å². The maximum Gasteiger partial charge on any atom is 0.172 e. The fourth-order valence-corrected chi connectivity index (χ4v) is 2.62. The van der Waals surface area contributed by atoms with Crippen LogP contribution in [0.25, 0.3) is 33.2 Å². The summed E-state index contributed by atoms with van der Waals surface area (Å²) < 4.78 is 33.0. The Hall–Kier alpha value is -3.28. The number of fused-ring (bicyclic) bond motifs is 2. The summed E-state index contributed by atoms with van der Waals surface area (Å²) >= 11 is 0. The van der Waals surface area contributed by atoms with E-state index in [-0.39, 0.29) is 22.1 Å². The molecule has 0 fully saturated rings. The molecule has 0 atom stereocenters. The Labute approximate surface area is 134 Å². The Bertz CT molecular complexity index is 1150. The first kappa shape index (κ1) is 14.3. The van der Waals surface area contributed by atoms with Gasteiger partial charge in [0.1, 0.15) is 16.9 Å². The van der Waals surface area contributed by atoms with Crippen LogP contribution in [-0.4, -0.2) is 10.2 Å². The highest BCUT2D eigenvalue weighted by atomic mass is 19.1. The highest BCUT2D eigenvalue weighted by molar-refractivity contribution is 5.85. The van der Waals surface area contributed by atoms with Gasteiger partial charge in [0.05, 0.1) is 5.39 Å². The molecule has 2 heterocycles. The number of halogens is 2. The molecule has 0 aliphatic rings. The first-order valence-corrected chi connectivity index (χ1v) is 7.12. The average molecular weight is 324 g/mol. The van der Waals surface area contributed by atoms with Crippen LogP contribution in [0.2, 0.25) is 0 Å². The van der Waals surface area contributed by atoms with Gasteiger partial charge in [-0.15, -0.1) is 0 Å². The van der Waals surface area contributed by atoms with Gasteiger partial charge < -0.3 is 9.62 Å². The van der Waals surface area contributed by atoms with Gasteiger partial charge in [-0.25, -0.2) is 8.78 Å². The molecule has 24 heavy (non-hydrogen) atoms. The third kappa shape index (κ3) is 2.28. The second-order valence-corrected chi connectivity index (χ2v) is 5.28. The maximum absolute atomic E-state index is 14.0. The number of nitrogens with zero attached hydrogens (tertiary/aromatic N) is 2. The molecule has 4 rings (SSSR count). The zero-order chi connectivity index (χ0) is 16.7. The number of hydrogen-bond donors (Lipinski definition) is 1. The van der Waals surface area contributed by atoms with E-state index < -0.39 is 11.6 Å². The van der Waals surface area contributed by atoms with Gasteiger partial charge in [-0.1, -0.05) is 29.4 Å². The quantitative estimate of drug-likeness (QED) is 0.421. The summed E-state index contributed by atoms with van der Waals surface area (Å²) in [4.78, 5) is 4.29. The summed E-state index contributed by atoms with van der Waals surface area (Å²) in [5.74, 6) is -1.44. The lowest BCUT2D eigenvalue weighted by molar-refractivity contribution is 0.302. The van der Waals surface area contributed by atoms with Gasteiger partial charge in [-0.05, 0) is 17.5 Å². The Morgan fingerprint density at radius 3 is 2.58 bits per heavy atom. The first-order chi connectivity index (χ1) is 11.7. The maximum atomic E-state index is 14.0. The van der Waals surface area contributed by atoms with E-state index in [4.69, 9.17) is 4.42 Å². The molecule has 0 saturated carbocycles. The Morgan fingerprint density at radius 1 is 1.00 bits per heavy atom. The standard InChI is InChI=1S/C18H10F2N2O2/c19-12-6-13-15(22-23)8-17(24-18(13)14(20)7-12)16-5-10-3-1-2-4-11(10)9-21-16/h1-9,23H/b22-15+. The Morgan fingerprint density at radius 2 is 1.79 bits per heavy atom. The molecule has 4 aromatic rings. The fourth-order valence-electron chi connectivity index (χ4n) is 2.62. The minimum atomic E-state index is -0.877. The Balaban J connectivity index is 2.02. The molecule has 1 N–H and O–H groups in total. The molecule has 0 amide bonds. The van der Waals surface area contributed by atoms with E-state index in [1.807, 2.05) is 24.3 Å². The van der Waals surface area contributed by atoms with Gasteiger partial charge in [-0.2, -0.15) is 0 Å². The normalized spacial score (nSPS) is 12.2. The van der Waals surface area contributed by atoms with E-state index >= 15 is 0 Å². The monoisotopic (exact) mass is 324 g/mol. The molecule has 2 aromatic heterocycles.